The smallest absolute Gasteiger partial charge is 0.218 e. The van der Waals surface area contributed by atoms with Gasteiger partial charge in [-0.05, 0) is 13.3 Å². The van der Waals surface area contributed by atoms with Crippen molar-refractivity contribution in [2.75, 3.05) is 18.5 Å². The number of anilines is 1. The molecule has 0 aliphatic heterocycles. The largest absolute Gasteiger partial charge is 0.478 e. The van der Waals surface area contributed by atoms with Crippen LogP contribution in [0.15, 0.2) is 12.4 Å². The molecule has 0 bridgehead atoms. The van der Waals surface area contributed by atoms with Crippen molar-refractivity contribution in [1.82, 2.24) is 9.97 Å². The van der Waals surface area contributed by atoms with Crippen LogP contribution < -0.4 is 10.1 Å². The molecule has 5 nitrogen and oxygen atoms in total. The molecule has 1 aromatic rings. The van der Waals surface area contributed by atoms with E-state index in [1.165, 1.54) is 6.33 Å². The molecule has 15 heavy (non-hydrogen) atoms. The molecule has 1 heterocycles. The van der Waals surface area contributed by atoms with Crippen LogP contribution in [0.3, 0.4) is 0 Å². The summed E-state index contributed by atoms with van der Waals surface area (Å²) in [5, 5.41) is 12.1. The molecule has 1 rings (SSSR count). The second-order valence-electron chi connectivity index (χ2n) is 3.32. The number of ether oxygens (including phenoxy) is 1. The van der Waals surface area contributed by atoms with Gasteiger partial charge in [0, 0.05) is 12.6 Å². The molecule has 2 N–H and O–H groups in total. The van der Waals surface area contributed by atoms with E-state index >= 15 is 0 Å². The fourth-order valence-corrected chi connectivity index (χ4v) is 0.974. The SMILES string of the molecule is CCCOc1cc(NCC(C)O)ncn1. The molecule has 0 aliphatic carbocycles. The zero-order valence-electron chi connectivity index (χ0n) is 9.10. The second-order valence-corrected chi connectivity index (χ2v) is 3.32. The fourth-order valence-electron chi connectivity index (χ4n) is 0.974. The van der Waals surface area contributed by atoms with E-state index < -0.39 is 6.10 Å². The second kappa shape index (κ2) is 6.19. The predicted octanol–water partition coefficient (Wildman–Crippen LogP) is 1.06. The van der Waals surface area contributed by atoms with Gasteiger partial charge < -0.3 is 15.2 Å². The minimum absolute atomic E-state index is 0.403. The Hall–Kier alpha value is -1.36. The third kappa shape index (κ3) is 4.60. The molecule has 0 radical (unpaired) electrons. The lowest BCUT2D eigenvalue weighted by Crippen LogP contribution is -2.16. The van der Waals surface area contributed by atoms with E-state index in [0.717, 1.165) is 6.42 Å². The lowest BCUT2D eigenvalue weighted by molar-refractivity contribution is 0.208. The number of aliphatic hydroxyl groups is 1. The van der Waals surface area contributed by atoms with Gasteiger partial charge in [0.1, 0.15) is 12.1 Å². The van der Waals surface area contributed by atoms with Crippen molar-refractivity contribution in [2.45, 2.75) is 26.4 Å². The maximum atomic E-state index is 9.09. The van der Waals surface area contributed by atoms with E-state index in [1.54, 1.807) is 13.0 Å². The van der Waals surface area contributed by atoms with Crippen molar-refractivity contribution in [1.29, 1.82) is 0 Å². The summed E-state index contributed by atoms with van der Waals surface area (Å²) in [6, 6.07) is 1.72. The molecule has 1 atom stereocenters. The van der Waals surface area contributed by atoms with Crippen LogP contribution in [-0.4, -0.2) is 34.3 Å². The fraction of sp³-hybridized carbons (Fsp3) is 0.600. The summed E-state index contributed by atoms with van der Waals surface area (Å²) in [7, 11) is 0. The first-order chi connectivity index (χ1) is 7.22. The van der Waals surface area contributed by atoms with Crippen LogP contribution >= 0.6 is 0 Å². The van der Waals surface area contributed by atoms with Gasteiger partial charge in [0.25, 0.3) is 0 Å². The maximum absolute atomic E-state index is 9.09. The van der Waals surface area contributed by atoms with E-state index in [2.05, 4.69) is 15.3 Å². The van der Waals surface area contributed by atoms with E-state index in [4.69, 9.17) is 9.84 Å². The Kier molecular flexibility index (Phi) is 4.83. The van der Waals surface area contributed by atoms with Crippen LogP contribution in [0.1, 0.15) is 20.3 Å². The Balaban J connectivity index is 2.50. The third-order valence-corrected chi connectivity index (χ3v) is 1.67. The van der Waals surface area contributed by atoms with Crippen molar-refractivity contribution in [3.63, 3.8) is 0 Å². The number of aromatic nitrogens is 2. The topological polar surface area (TPSA) is 67.3 Å². The van der Waals surface area contributed by atoms with Crippen molar-refractivity contribution in [2.24, 2.45) is 0 Å². The first-order valence-corrected chi connectivity index (χ1v) is 5.09. The monoisotopic (exact) mass is 211 g/mol. The Morgan fingerprint density at radius 1 is 1.53 bits per heavy atom. The van der Waals surface area contributed by atoms with Gasteiger partial charge in [-0.15, -0.1) is 0 Å². The zero-order chi connectivity index (χ0) is 11.1. The van der Waals surface area contributed by atoms with Gasteiger partial charge in [0.05, 0.1) is 12.7 Å². The van der Waals surface area contributed by atoms with Crippen molar-refractivity contribution >= 4 is 5.82 Å². The summed E-state index contributed by atoms with van der Waals surface area (Å²) in [5.74, 6) is 1.22. The zero-order valence-corrected chi connectivity index (χ0v) is 9.10. The molecule has 84 valence electrons. The lowest BCUT2D eigenvalue weighted by Gasteiger charge is -2.08. The van der Waals surface area contributed by atoms with Crippen molar-refractivity contribution in [3.8, 4) is 5.88 Å². The molecule has 0 spiro atoms. The first-order valence-electron chi connectivity index (χ1n) is 5.09. The van der Waals surface area contributed by atoms with E-state index in [0.29, 0.717) is 24.8 Å². The van der Waals surface area contributed by atoms with Crippen molar-refractivity contribution < 1.29 is 9.84 Å². The van der Waals surface area contributed by atoms with E-state index in [1.807, 2.05) is 6.92 Å². The highest BCUT2D eigenvalue weighted by molar-refractivity contribution is 5.36. The highest BCUT2D eigenvalue weighted by Gasteiger charge is 2.00. The maximum Gasteiger partial charge on any atom is 0.218 e. The summed E-state index contributed by atoms with van der Waals surface area (Å²) in [6.07, 6.45) is 1.98. The number of nitrogens with one attached hydrogen (secondary N) is 1. The molecule has 0 saturated heterocycles. The Bertz CT molecular complexity index is 292. The Labute approximate surface area is 89.5 Å². The summed E-state index contributed by atoms with van der Waals surface area (Å²) in [4.78, 5) is 7.97. The predicted molar refractivity (Wildman–Crippen MR) is 58.0 cm³/mol. The first kappa shape index (κ1) is 11.7. The van der Waals surface area contributed by atoms with E-state index in [-0.39, 0.29) is 0 Å². The van der Waals surface area contributed by atoms with Gasteiger partial charge in [-0.25, -0.2) is 9.97 Å². The average Bonchev–Trinajstić information content (AvgIpc) is 2.24. The van der Waals surface area contributed by atoms with Crippen LogP contribution in [-0.2, 0) is 0 Å². The van der Waals surface area contributed by atoms with Gasteiger partial charge in [0.2, 0.25) is 5.88 Å². The van der Waals surface area contributed by atoms with Crippen LogP contribution in [0.4, 0.5) is 5.82 Å². The molecule has 5 heteroatoms. The van der Waals surface area contributed by atoms with Crippen LogP contribution in [0.5, 0.6) is 5.88 Å². The standard InChI is InChI=1S/C10H17N3O2/c1-3-4-15-10-5-9(12-7-13-10)11-6-8(2)14/h5,7-8,14H,3-4,6H2,1-2H3,(H,11,12,13). The Morgan fingerprint density at radius 2 is 2.33 bits per heavy atom. The molecule has 0 fully saturated rings. The summed E-state index contributed by atoms with van der Waals surface area (Å²) in [6.45, 7) is 4.85. The van der Waals surface area contributed by atoms with Crippen LogP contribution in [0.25, 0.3) is 0 Å². The molecular formula is C10H17N3O2. The molecule has 1 aromatic heterocycles. The number of aliphatic hydroxyl groups excluding tert-OH is 1. The minimum atomic E-state index is -0.403. The lowest BCUT2D eigenvalue weighted by atomic mass is 10.4. The van der Waals surface area contributed by atoms with E-state index in [9.17, 15) is 0 Å². The number of hydrogen-bond acceptors (Lipinski definition) is 5. The third-order valence-electron chi connectivity index (χ3n) is 1.67. The van der Waals surface area contributed by atoms with Crippen molar-refractivity contribution in [3.05, 3.63) is 12.4 Å². The minimum Gasteiger partial charge on any atom is -0.478 e. The summed E-state index contributed by atoms with van der Waals surface area (Å²) in [5.41, 5.74) is 0. The molecule has 1 unspecified atom stereocenters. The Morgan fingerprint density at radius 3 is 3.00 bits per heavy atom. The molecule has 0 amide bonds. The summed E-state index contributed by atoms with van der Waals surface area (Å²) < 4.78 is 5.35. The van der Waals surface area contributed by atoms with Crippen LogP contribution in [0, 0.1) is 0 Å². The normalized spacial score (nSPS) is 12.2. The highest BCUT2D eigenvalue weighted by Crippen LogP contribution is 2.10. The quantitative estimate of drug-likeness (QED) is 0.736. The molecule has 0 aliphatic rings. The number of nitrogens with zero attached hydrogens (tertiary/aromatic N) is 2. The van der Waals surface area contributed by atoms with Gasteiger partial charge in [0.15, 0.2) is 0 Å². The molecular weight excluding hydrogens is 194 g/mol. The van der Waals surface area contributed by atoms with Gasteiger partial charge >= 0.3 is 0 Å². The van der Waals surface area contributed by atoms with Crippen LogP contribution in [0.2, 0.25) is 0 Å². The average molecular weight is 211 g/mol. The number of hydrogen-bond donors (Lipinski definition) is 2. The molecule has 0 saturated carbocycles. The molecule has 0 aromatic carbocycles. The summed E-state index contributed by atoms with van der Waals surface area (Å²) >= 11 is 0. The number of rotatable bonds is 6. The van der Waals surface area contributed by atoms with Gasteiger partial charge in [-0.2, -0.15) is 0 Å². The van der Waals surface area contributed by atoms with Gasteiger partial charge in [-0.3, -0.25) is 0 Å². The van der Waals surface area contributed by atoms with Gasteiger partial charge in [-0.1, -0.05) is 6.92 Å². The highest BCUT2D eigenvalue weighted by atomic mass is 16.5.